The van der Waals surface area contributed by atoms with Crippen LogP contribution in [0.3, 0.4) is 0 Å². The standard InChI is InChI=1S/C14H16BrN5/c15-9-7-11-14(19-8-9)12(3-5-18-11)20(10-1-2-10)6-4-13(16)17/h3,5,7-8,10H,1-2,4,6H2,(H3,16,17). The Morgan fingerprint density at radius 1 is 1.45 bits per heavy atom. The Morgan fingerprint density at radius 3 is 2.95 bits per heavy atom. The van der Waals surface area contributed by atoms with Crippen molar-refractivity contribution in [3.05, 3.63) is 29.0 Å². The van der Waals surface area contributed by atoms with Crippen molar-refractivity contribution in [3.63, 3.8) is 0 Å². The molecular formula is C14H16BrN5. The Morgan fingerprint density at radius 2 is 2.25 bits per heavy atom. The van der Waals surface area contributed by atoms with Crippen LogP contribution in [0.1, 0.15) is 19.3 Å². The molecule has 1 aliphatic rings. The molecule has 0 bridgehead atoms. The Bertz CT molecular complexity index is 653. The van der Waals surface area contributed by atoms with Gasteiger partial charge >= 0.3 is 0 Å². The smallest absolute Gasteiger partial charge is 0.112 e. The summed E-state index contributed by atoms with van der Waals surface area (Å²) in [5.74, 6) is 0.227. The summed E-state index contributed by atoms with van der Waals surface area (Å²) in [4.78, 5) is 11.2. The average Bonchev–Trinajstić information content (AvgIpc) is 3.23. The van der Waals surface area contributed by atoms with Gasteiger partial charge in [-0.1, -0.05) is 0 Å². The summed E-state index contributed by atoms with van der Waals surface area (Å²) in [6, 6.07) is 4.52. The van der Waals surface area contributed by atoms with Crippen molar-refractivity contribution < 1.29 is 0 Å². The highest BCUT2D eigenvalue weighted by Gasteiger charge is 2.30. The van der Waals surface area contributed by atoms with Gasteiger partial charge in [-0.3, -0.25) is 15.4 Å². The number of nitrogens with two attached hydrogens (primary N) is 1. The molecule has 2 aromatic rings. The minimum atomic E-state index is 0.227. The highest BCUT2D eigenvalue weighted by Crippen LogP contribution is 2.34. The highest BCUT2D eigenvalue weighted by molar-refractivity contribution is 9.10. The normalized spacial score (nSPS) is 14.4. The van der Waals surface area contributed by atoms with Crippen LogP contribution >= 0.6 is 15.9 Å². The fraction of sp³-hybridized carbons (Fsp3) is 0.357. The zero-order valence-corrected chi connectivity index (χ0v) is 12.6. The van der Waals surface area contributed by atoms with Crippen LogP contribution < -0.4 is 10.6 Å². The zero-order chi connectivity index (χ0) is 14.1. The van der Waals surface area contributed by atoms with Crippen molar-refractivity contribution >= 4 is 38.5 Å². The van der Waals surface area contributed by atoms with E-state index in [-0.39, 0.29) is 5.84 Å². The molecule has 5 nitrogen and oxygen atoms in total. The lowest BCUT2D eigenvalue weighted by Crippen LogP contribution is -2.30. The third-order valence-corrected chi connectivity index (χ3v) is 3.88. The Hall–Kier alpha value is -1.69. The number of hydrogen-bond donors (Lipinski definition) is 2. The topological polar surface area (TPSA) is 78.9 Å². The summed E-state index contributed by atoms with van der Waals surface area (Å²) in [6.07, 6.45) is 6.58. The quantitative estimate of drug-likeness (QED) is 0.651. The lowest BCUT2D eigenvalue weighted by Gasteiger charge is -2.25. The number of anilines is 1. The van der Waals surface area contributed by atoms with Gasteiger partial charge in [0.2, 0.25) is 0 Å². The van der Waals surface area contributed by atoms with E-state index >= 15 is 0 Å². The molecule has 3 rings (SSSR count). The molecule has 2 aromatic heterocycles. The summed E-state index contributed by atoms with van der Waals surface area (Å²) >= 11 is 3.42. The first kappa shape index (κ1) is 13.3. The van der Waals surface area contributed by atoms with Crippen LogP contribution in [-0.2, 0) is 0 Å². The van der Waals surface area contributed by atoms with Crippen molar-refractivity contribution in [1.29, 1.82) is 5.41 Å². The third-order valence-electron chi connectivity index (χ3n) is 3.44. The number of nitrogens with zero attached hydrogens (tertiary/aromatic N) is 3. The third kappa shape index (κ3) is 2.75. The number of rotatable bonds is 5. The number of nitrogens with one attached hydrogen (secondary N) is 1. The number of halogens is 1. The summed E-state index contributed by atoms with van der Waals surface area (Å²) in [5, 5.41) is 7.42. The van der Waals surface area contributed by atoms with Crippen LogP contribution in [-0.4, -0.2) is 28.4 Å². The predicted octanol–water partition coefficient (Wildman–Crippen LogP) is 2.69. The Labute approximate surface area is 125 Å². The molecule has 1 aliphatic carbocycles. The van der Waals surface area contributed by atoms with E-state index in [1.807, 2.05) is 18.3 Å². The molecule has 1 saturated carbocycles. The SMILES string of the molecule is N=C(N)CCN(c1ccnc2cc(Br)cnc12)C1CC1. The molecule has 3 N–H and O–H groups in total. The maximum atomic E-state index is 7.42. The molecule has 0 aliphatic heterocycles. The van der Waals surface area contributed by atoms with Crippen molar-refractivity contribution in [1.82, 2.24) is 9.97 Å². The molecule has 104 valence electrons. The predicted molar refractivity (Wildman–Crippen MR) is 84.1 cm³/mol. The number of aromatic nitrogens is 2. The van der Waals surface area contributed by atoms with Gasteiger partial charge in [0.05, 0.1) is 17.0 Å². The number of amidine groups is 1. The monoisotopic (exact) mass is 333 g/mol. The molecule has 0 spiro atoms. The van der Waals surface area contributed by atoms with E-state index in [2.05, 4.69) is 30.8 Å². The second-order valence-electron chi connectivity index (χ2n) is 5.05. The highest BCUT2D eigenvalue weighted by atomic mass is 79.9. The number of hydrogen-bond acceptors (Lipinski definition) is 4. The van der Waals surface area contributed by atoms with Crippen LogP contribution in [0.4, 0.5) is 5.69 Å². The zero-order valence-electron chi connectivity index (χ0n) is 11.0. The fourth-order valence-corrected chi connectivity index (χ4v) is 2.67. The van der Waals surface area contributed by atoms with Gasteiger partial charge in [-0.05, 0) is 40.9 Å². The van der Waals surface area contributed by atoms with Crippen LogP contribution in [0.25, 0.3) is 11.0 Å². The van der Waals surface area contributed by atoms with Crippen molar-refractivity contribution in [3.8, 4) is 0 Å². The van der Waals surface area contributed by atoms with Crippen molar-refractivity contribution in [2.75, 3.05) is 11.4 Å². The summed E-state index contributed by atoms with van der Waals surface area (Å²) < 4.78 is 0.927. The van der Waals surface area contributed by atoms with Gasteiger partial charge in [0.1, 0.15) is 5.52 Å². The first-order valence-corrected chi connectivity index (χ1v) is 7.44. The summed E-state index contributed by atoms with van der Waals surface area (Å²) in [6.45, 7) is 0.761. The van der Waals surface area contributed by atoms with Crippen molar-refractivity contribution in [2.45, 2.75) is 25.3 Å². The maximum Gasteiger partial charge on any atom is 0.112 e. The Kier molecular flexibility index (Phi) is 3.56. The van der Waals surface area contributed by atoms with Crippen LogP contribution in [0, 0.1) is 5.41 Å². The van der Waals surface area contributed by atoms with E-state index in [1.165, 1.54) is 12.8 Å². The summed E-state index contributed by atoms with van der Waals surface area (Å²) in [5.41, 5.74) is 8.37. The second kappa shape index (κ2) is 5.36. The molecule has 6 heteroatoms. The fourth-order valence-electron chi connectivity index (χ4n) is 2.35. The van der Waals surface area contributed by atoms with Crippen LogP contribution in [0.5, 0.6) is 0 Å². The molecule has 1 fully saturated rings. The number of fused-ring (bicyclic) bond motifs is 1. The average molecular weight is 334 g/mol. The molecule has 0 radical (unpaired) electrons. The van der Waals surface area contributed by atoms with E-state index in [9.17, 15) is 0 Å². The molecular weight excluding hydrogens is 318 g/mol. The van der Waals surface area contributed by atoms with Gasteiger partial charge in [-0.15, -0.1) is 0 Å². The van der Waals surface area contributed by atoms with E-state index in [0.717, 1.165) is 27.7 Å². The largest absolute Gasteiger partial charge is 0.388 e. The van der Waals surface area contributed by atoms with Crippen molar-refractivity contribution in [2.24, 2.45) is 5.73 Å². The lowest BCUT2D eigenvalue weighted by atomic mass is 10.2. The van der Waals surface area contributed by atoms with Gasteiger partial charge in [0, 0.05) is 35.9 Å². The van der Waals surface area contributed by atoms with Crippen LogP contribution in [0.2, 0.25) is 0 Å². The molecule has 2 heterocycles. The molecule has 0 amide bonds. The van der Waals surface area contributed by atoms with Gasteiger partial charge in [-0.25, -0.2) is 0 Å². The van der Waals surface area contributed by atoms with Gasteiger partial charge in [0.15, 0.2) is 0 Å². The van der Waals surface area contributed by atoms with Gasteiger partial charge < -0.3 is 10.6 Å². The Balaban J connectivity index is 1.99. The van der Waals surface area contributed by atoms with Crippen LogP contribution in [0.15, 0.2) is 29.0 Å². The minimum absolute atomic E-state index is 0.227. The second-order valence-corrected chi connectivity index (χ2v) is 5.97. The van der Waals surface area contributed by atoms with E-state index < -0.39 is 0 Å². The molecule has 20 heavy (non-hydrogen) atoms. The minimum Gasteiger partial charge on any atom is -0.388 e. The first-order chi connectivity index (χ1) is 9.65. The summed E-state index contributed by atoms with van der Waals surface area (Å²) in [7, 11) is 0. The molecule has 0 unspecified atom stereocenters. The van der Waals surface area contributed by atoms with E-state index in [4.69, 9.17) is 11.1 Å². The number of pyridine rings is 2. The van der Waals surface area contributed by atoms with Gasteiger partial charge in [0.25, 0.3) is 0 Å². The molecule has 0 aromatic carbocycles. The maximum absolute atomic E-state index is 7.42. The lowest BCUT2D eigenvalue weighted by molar-refractivity contribution is 0.798. The van der Waals surface area contributed by atoms with Gasteiger partial charge in [-0.2, -0.15) is 0 Å². The molecule has 0 saturated heterocycles. The van der Waals surface area contributed by atoms with E-state index in [1.54, 1.807) is 6.20 Å². The van der Waals surface area contributed by atoms with E-state index in [0.29, 0.717) is 12.5 Å². The first-order valence-electron chi connectivity index (χ1n) is 6.65. The molecule has 0 atom stereocenters.